The third kappa shape index (κ3) is 1.11. The predicted octanol–water partition coefficient (Wildman–Crippen LogP) is 2.95. The number of aromatic amines is 1. The first-order valence-electron chi connectivity index (χ1n) is 3.41. The number of rotatable bonds is 0. The molecule has 0 spiro atoms. The van der Waals surface area contributed by atoms with Crippen LogP contribution < -0.4 is 0 Å². The Bertz CT molecular complexity index is 472. The molecule has 0 radical (unpaired) electrons. The Morgan fingerprint density at radius 2 is 2.25 bits per heavy atom. The highest BCUT2D eigenvalue weighted by atomic mass is 35.5. The van der Waals surface area contributed by atoms with Crippen molar-refractivity contribution in [2.24, 2.45) is 0 Å². The van der Waals surface area contributed by atoms with Crippen LogP contribution in [0.15, 0.2) is 24.5 Å². The quantitative estimate of drug-likeness (QED) is 0.657. The van der Waals surface area contributed by atoms with Crippen molar-refractivity contribution in [2.75, 3.05) is 0 Å². The summed E-state index contributed by atoms with van der Waals surface area (Å²) in [6, 6.07) is 5.59. The van der Waals surface area contributed by atoms with Gasteiger partial charge >= 0.3 is 0 Å². The van der Waals surface area contributed by atoms with Crippen molar-refractivity contribution in [2.45, 2.75) is 0 Å². The predicted molar refractivity (Wildman–Crippen MR) is 51.9 cm³/mol. The molecule has 2 nitrogen and oxygen atoms in total. The molecule has 0 amide bonds. The average molecular weight is 197 g/mol. The normalized spacial score (nSPS) is 10.4. The van der Waals surface area contributed by atoms with E-state index in [1.54, 1.807) is 12.4 Å². The molecule has 2 aromatic rings. The molecule has 60 valence electrons. The lowest BCUT2D eigenvalue weighted by Crippen LogP contribution is -1.83. The summed E-state index contributed by atoms with van der Waals surface area (Å²) in [6.45, 7) is 0. The fourth-order valence-corrected chi connectivity index (χ4v) is 1.68. The van der Waals surface area contributed by atoms with Gasteiger partial charge in [0, 0.05) is 0 Å². The fraction of sp³-hybridized carbons (Fsp3) is 0. The Balaban J connectivity index is 3.07. The topological polar surface area (TPSA) is 28.7 Å². The maximum Gasteiger partial charge on any atom is 0.138 e. The van der Waals surface area contributed by atoms with Crippen LogP contribution in [0.25, 0.3) is 10.9 Å². The minimum atomic E-state index is 0.536. The minimum absolute atomic E-state index is 0.536. The highest BCUT2D eigenvalue weighted by Crippen LogP contribution is 2.21. The fourth-order valence-electron chi connectivity index (χ4n) is 1.09. The van der Waals surface area contributed by atoms with Gasteiger partial charge in [0.2, 0.25) is 0 Å². The Labute approximate surface area is 79.2 Å². The summed E-state index contributed by atoms with van der Waals surface area (Å²) in [5.41, 5.74) is 0.919. The molecule has 0 atom stereocenters. The number of benzene rings is 1. The van der Waals surface area contributed by atoms with Crippen molar-refractivity contribution in [1.29, 1.82) is 0 Å². The number of aromatic nitrogens is 2. The van der Waals surface area contributed by atoms with Crippen LogP contribution in [-0.4, -0.2) is 9.97 Å². The third-order valence-electron chi connectivity index (χ3n) is 1.63. The maximum absolute atomic E-state index is 5.94. The second kappa shape index (κ2) is 2.84. The SMILES string of the molecule is S=c1nc[nH]c2cccc(Cl)c12. The third-order valence-corrected chi connectivity index (χ3v) is 2.25. The highest BCUT2D eigenvalue weighted by Gasteiger charge is 1.99. The standard InChI is InChI=1S/C8H5ClN2S/c9-5-2-1-3-6-7(5)8(12)11-4-10-6/h1-4H,(H,10,11,12). The zero-order chi connectivity index (χ0) is 8.55. The number of nitrogens with one attached hydrogen (secondary N) is 1. The number of H-pyrrole nitrogens is 1. The second-order valence-electron chi connectivity index (χ2n) is 2.37. The first-order chi connectivity index (χ1) is 5.79. The van der Waals surface area contributed by atoms with Gasteiger partial charge in [0.05, 0.1) is 22.3 Å². The van der Waals surface area contributed by atoms with E-state index in [4.69, 9.17) is 23.8 Å². The zero-order valence-electron chi connectivity index (χ0n) is 6.04. The number of hydrogen-bond acceptors (Lipinski definition) is 2. The lowest BCUT2D eigenvalue weighted by atomic mass is 10.2. The van der Waals surface area contributed by atoms with E-state index in [2.05, 4.69) is 9.97 Å². The summed E-state index contributed by atoms with van der Waals surface area (Å²) in [5.74, 6) is 0. The Morgan fingerprint density at radius 1 is 1.42 bits per heavy atom. The van der Waals surface area contributed by atoms with Gasteiger partial charge < -0.3 is 4.98 Å². The van der Waals surface area contributed by atoms with E-state index < -0.39 is 0 Å². The lowest BCUT2D eigenvalue weighted by Gasteiger charge is -1.97. The van der Waals surface area contributed by atoms with Crippen molar-refractivity contribution in [3.8, 4) is 0 Å². The van der Waals surface area contributed by atoms with Crippen molar-refractivity contribution >= 4 is 34.7 Å². The van der Waals surface area contributed by atoms with E-state index in [0.29, 0.717) is 9.66 Å². The van der Waals surface area contributed by atoms with E-state index in [0.717, 1.165) is 10.9 Å². The number of fused-ring (bicyclic) bond motifs is 1. The summed E-state index contributed by atoms with van der Waals surface area (Å²) in [6.07, 6.45) is 1.57. The van der Waals surface area contributed by atoms with E-state index in [9.17, 15) is 0 Å². The number of halogens is 1. The molecule has 1 aromatic heterocycles. The molecule has 0 saturated heterocycles. The van der Waals surface area contributed by atoms with E-state index in [-0.39, 0.29) is 0 Å². The van der Waals surface area contributed by atoms with Crippen LogP contribution in [0, 0.1) is 4.64 Å². The monoisotopic (exact) mass is 196 g/mol. The van der Waals surface area contributed by atoms with Crippen LogP contribution in [0.1, 0.15) is 0 Å². The Morgan fingerprint density at radius 3 is 3.00 bits per heavy atom. The average Bonchev–Trinajstić information content (AvgIpc) is 2.04. The number of hydrogen-bond donors (Lipinski definition) is 1. The van der Waals surface area contributed by atoms with Gasteiger partial charge in [-0.15, -0.1) is 0 Å². The summed E-state index contributed by atoms with van der Waals surface area (Å²) in [7, 11) is 0. The molecule has 0 saturated carbocycles. The largest absolute Gasteiger partial charge is 0.346 e. The Hall–Kier alpha value is -0.930. The molecule has 1 heterocycles. The summed E-state index contributed by atoms with van der Waals surface area (Å²) in [5, 5.41) is 1.46. The van der Waals surface area contributed by atoms with E-state index >= 15 is 0 Å². The van der Waals surface area contributed by atoms with Gasteiger partial charge in [0.25, 0.3) is 0 Å². The second-order valence-corrected chi connectivity index (χ2v) is 3.16. The molecule has 2 rings (SSSR count). The lowest BCUT2D eigenvalue weighted by molar-refractivity contribution is 1.21. The van der Waals surface area contributed by atoms with Crippen LogP contribution in [0.3, 0.4) is 0 Å². The van der Waals surface area contributed by atoms with Gasteiger partial charge in [-0.1, -0.05) is 29.9 Å². The van der Waals surface area contributed by atoms with Crippen LogP contribution in [0.5, 0.6) is 0 Å². The van der Waals surface area contributed by atoms with Crippen molar-refractivity contribution < 1.29 is 0 Å². The van der Waals surface area contributed by atoms with Crippen LogP contribution >= 0.6 is 23.8 Å². The molecule has 4 heteroatoms. The smallest absolute Gasteiger partial charge is 0.138 e. The van der Waals surface area contributed by atoms with Crippen molar-refractivity contribution in [1.82, 2.24) is 9.97 Å². The van der Waals surface area contributed by atoms with Gasteiger partial charge in [-0.2, -0.15) is 0 Å². The summed E-state index contributed by atoms with van der Waals surface area (Å²) in [4.78, 5) is 6.91. The summed E-state index contributed by atoms with van der Waals surface area (Å²) < 4.78 is 0.536. The Kier molecular flexibility index (Phi) is 1.83. The van der Waals surface area contributed by atoms with E-state index in [1.807, 2.05) is 12.1 Å². The molecule has 1 N–H and O–H groups in total. The van der Waals surface area contributed by atoms with E-state index in [1.165, 1.54) is 0 Å². The molecular weight excluding hydrogens is 192 g/mol. The minimum Gasteiger partial charge on any atom is -0.346 e. The first-order valence-corrected chi connectivity index (χ1v) is 4.19. The van der Waals surface area contributed by atoms with Gasteiger partial charge in [0.1, 0.15) is 4.64 Å². The molecule has 0 unspecified atom stereocenters. The zero-order valence-corrected chi connectivity index (χ0v) is 7.62. The van der Waals surface area contributed by atoms with Gasteiger partial charge in [-0.25, -0.2) is 4.98 Å². The molecule has 0 aliphatic carbocycles. The first kappa shape index (κ1) is 7.71. The van der Waals surface area contributed by atoms with Crippen LogP contribution in [-0.2, 0) is 0 Å². The molecule has 1 aromatic carbocycles. The van der Waals surface area contributed by atoms with Crippen LogP contribution in [0.4, 0.5) is 0 Å². The highest BCUT2D eigenvalue weighted by molar-refractivity contribution is 7.71. The molecule has 12 heavy (non-hydrogen) atoms. The van der Waals surface area contributed by atoms with Gasteiger partial charge in [0.15, 0.2) is 0 Å². The maximum atomic E-state index is 5.94. The van der Waals surface area contributed by atoms with Gasteiger partial charge in [-0.05, 0) is 12.1 Å². The molecular formula is C8H5ClN2S. The van der Waals surface area contributed by atoms with Crippen LogP contribution in [0.2, 0.25) is 5.02 Å². The molecule has 0 aliphatic rings. The molecule has 0 bridgehead atoms. The van der Waals surface area contributed by atoms with Gasteiger partial charge in [-0.3, -0.25) is 0 Å². The summed E-state index contributed by atoms with van der Waals surface area (Å²) >= 11 is 11.0. The molecule has 0 aliphatic heterocycles. The van der Waals surface area contributed by atoms with Crippen molar-refractivity contribution in [3.63, 3.8) is 0 Å². The van der Waals surface area contributed by atoms with Crippen molar-refractivity contribution in [3.05, 3.63) is 34.2 Å². The number of nitrogens with zero attached hydrogens (tertiary/aromatic N) is 1. The molecule has 0 fully saturated rings.